The van der Waals surface area contributed by atoms with Gasteiger partial charge in [0.1, 0.15) is 0 Å². The summed E-state index contributed by atoms with van der Waals surface area (Å²) in [7, 11) is 0. The van der Waals surface area contributed by atoms with Gasteiger partial charge < -0.3 is 20.3 Å². The zero-order valence-electron chi connectivity index (χ0n) is 20.8. The van der Waals surface area contributed by atoms with Crippen molar-refractivity contribution >= 4 is 23.5 Å². The average molecular weight is 476 g/mol. The Morgan fingerprint density at radius 1 is 1.29 bits per heavy atom. The van der Waals surface area contributed by atoms with Crippen LogP contribution in [0.5, 0.6) is 0 Å². The quantitative estimate of drug-likeness (QED) is 0.599. The molecule has 1 saturated carbocycles. The fourth-order valence-electron chi connectivity index (χ4n) is 5.49. The van der Waals surface area contributed by atoms with Gasteiger partial charge in [-0.25, -0.2) is 4.98 Å². The SMILES string of the molecule is C=Cc1cc(-c2cc(N)c(N3CCN(C(=O)C[C@H]4CCCO4)[C@H](CCC)C3)nc2C2CC2)ccn1. The normalized spacial score (nSPS) is 22.4. The number of nitrogen functional groups attached to an aromatic ring is 1. The predicted molar refractivity (Wildman–Crippen MR) is 140 cm³/mol. The van der Waals surface area contributed by atoms with E-state index < -0.39 is 0 Å². The molecule has 0 unspecified atom stereocenters. The maximum Gasteiger partial charge on any atom is 0.225 e. The third-order valence-electron chi connectivity index (χ3n) is 7.48. The number of hydrogen-bond donors (Lipinski definition) is 1. The number of pyridine rings is 2. The van der Waals surface area contributed by atoms with Crippen molar-refractivity contribution in [2.45, 2.75) is 69.9 Å². The minimum Gasteiger partial charge on any atom is -0.396 e. The van der Waals surface area contributed by atoms with Crippen LogP contribution in [0.3, 0.4) is 0 Å². The van der Waals surface area contributed by atoms with Crippen molar-refractivity contribution < 1.29 is 9.53 Å². The molecule has 2 aromatic rings. The van der Waals surface area contributed by atoms with Gasteiger partial charge >= 0.3 is 0 Å². The van der Waals surface area contributed by atoms with Gasteiger partial charge in [-0.1, -0.05) is 19.9 Å². The third kappa shape index (κ3) is 5.20. The number of piperazine rings is 1. The lowest BCUT2D eigenvalue weighted by Gasteiger charge is -2.42. The van der Waals surface area contributed by atoms with E-state index in [-0.39, 0.29) is 18.1 Å². The maximum atomic E-state index is 13.1. The van der Waals surface area contributed by atoms with E-state index in [1.165, 1.54) is 0 Å². The number of aromatic nitrogens is 2. The summed E-state index contributed by atoms with van der Waals surface area (Å²) in [5.74, 6) is 1.56. The molecule has 2 aliphatic heterocycles. The molecule has 35 heavy (non-hydrogen) atoms. The Balaban J connectivity index is 1.39. The first-order valence-corrected chi connectivity index (χ1v) is 13.1. The summed E-state index contributed by atoms with van der Waals surface area (Å²) < 4.78 is 5.73. The van der Waals surface area contributed by atoms with Gasteiger partial charge in [0, 0.05) is 50.0 Å². The van der Waals surface area contributed by atoms with Crippen LogP contribution in [-0.4, -0.2) is 59.2 Å². The van der Waals surface area contributed by atoms with E-state index >= 15 is 0 Å². The molecule has 2 saturated heterocycles. The molecule has 2 N–H and O–H groups in total. The molecule has 0 radical (unpaired) electrons. The molecule has 0 aromatic carbocycles. The highest BCUT2D eigenvalue weighted by atomic mass is 16.5. The minimum atomic E-state index is 0.0866. The number of carbonyl (C=O) groups excluding carboxylic acids is 1. The summed E-state index contributed by atoms with van der Waals surface area (Å²) in [4.78, 5) is 27.0. The highest BCUT2D eigenvalue weighted by Gasteiger charge is 2.34. The van der Waals surface area contributed by atoms with Crippen LogP contribution < -0.4 is 10.6 Å². The lowest BCUT2D eigenvalue weighted by Crippen LogP contribution is -2.56. The first-order chi connectivity index (χ1) is 17.1. The van der Waals surface area contributed by atoms with Gasteiger partial charge in [-0.2, -0.15) is 0 Å². The van der Waals surface area contributed by atoms with Gasteiger partial charge in [0.25, 0.3) is 0 Å². The Hall–Kier alpha value is -2.93. The van der Waals surface area contributed by atoms with Crippen LogP contribution in [0.2, 0.25) is 0 Å². The number of amides is 1. The second kappa shape index (κ2) is 10.4. The van der Waals surface area contributed by atoms with Crippen LogP contribution in [0, 0.1) is 0 Å². The van der Waals surface area contributed by atoms with Gasteiger partial charge in [0.15, 0.2) is 5.82 Å². The van der Waals surface area contributed by atoms with Gasteiger partial charge in [-0.05, 0) is 61.9 Å². The fraction of sp³-hybridized carbons (Fsp3) is 0.536. The zero-order chi connectivity index (χ0) is 24.4. The van der Waals surface area contributed by atoms with Crippen LogP contribution in [0.1, 0.15) is 69.2 Å². The van der Waals surface area contributed by atoms with E-state index in [1.807, 2.05) is 18.3 Å². The second-order valence-corrected chi connectivity index (χ2v) is 10.1. The molecule has 3 aliphatic rings. The molecule has 4 heterocycles. The van der Waals surface area contributed by atoms with Crippen molar-refractivity contribution in [3.63, 3.8) is 0 Å². The largest absolute Gasteiger partial charge is 0.396 e. The molecule has 7 nitrogen and oxygen atoms in total. The standard InChI is InChI=1S/C28H37N5O2/c1-3-6-22-18-32(12-13-33(22)26(34)16-23-7-5-14-35-23)28-25(29)17-24(27(31-28)19-8-9-19)20-10-11-30-21(4-2)15-20/h4,10-11,15,17,19,22-23H,2-3,5-9,12-14,16,18,29H2,1H3/t22-,23-/m1/s1. The highest BCUT2D eigenvalue weighted by Crippen LogP contribution is 2.45. The molecule has 1 amide bonds. The van der Waals surface area contributed by atoms with Crippen LogP contribution in [0.25, 0.3) is 17.2 Å². The Kier molecular flexibility index (Phi) is 7.04. The molecule has 3 fully saturated rings. The predicted octanol–water partition coefficient (Wildman–Crippen LogP) is 4.63. The van der Waals surface area contributed by atoms with Crippen LogP contribution >= 0.6 is 0 Å². The molecule has 2 aromatic heterocycles. The monoisotopic (exact) mass is 475 g/mol. The van der Waals surface area contributed by atoms with Crippen molar-refractivity contribution in [1.82, 2.24) is 14.9 Å². The Morgan fingerprint density at radius 3 is 2.86 bits per heavy atom. The number of nitrogens with zero attached hydrogens (tertiary/aromatic N) is 4. The van der Waals surface area contributed by atoms with Gasteiger partial charge in [0.2, 0.25) is 5.91 Å². The molecule has 0 spiro atoms. The molecule has 5 rings (SSSR count). The fourth-order valence-corrected chi connectivity index (χ4v) is 5.49. The van der Waals surface area contributed by atoms with Crippen LogP contribution in [-0.2, 0) is 9.53 Å². The Morgan fingerprint density at radius 2 is 2.14 bits per heavy atom. The molecular formula is C28H37N5O2. The lowest BCUT2D eigenvalue weighted by atomic mass is 10.00. The van der Waals surface area contributed by atoms with E-state index in [4.69, 9.17) is 15.5 Å². The van der Waals surface area contributed by atoms with Gasteiger partial charge in [-0.3, -0.25) is 9.78 Å². The number of anilines is 2. The van der Waals surface area contributed by atoms with Gasteiger partial charge in [0.05, 0.1) is 29.6 Å². The Bertz CT molecular complexity index is 1080. The number of nitrogens with two attached hydrogens (primary N) is 1. The molecule has 186 valence electrons. The molecule has 1 aliphatic carbocycles. The minimum absolute atomic E-state index is 0.0866. The smallest absolute Gasteiger partial charge is 0.225 e. The van der Waals surface area contributed by atoms with E-state index in [9.17, 15) is 4.79 Å². The summed E-state index contributed by atoms with van der Waals surface area (Å²) in [5, 5.41) is 0. The number of hydrogen-bond acceptors (Lipinski definition) is 6. The lowest BCUT2D eigenvalue weighted by molar-refractivity contribution is -0.136. The molecule has 7 heteroatoms. The van der Waals surface area contributed by atoms with Crippen molar-refractivity contribution in [2.75, 3.05) is 36.9 Å². The molecular weight excluding hydrogens is 438 g/mol. The van der Waals surface area contributed by atoms with E-state index in [2.05, 4.69) is 34.4 Å². The van der Waals surface area contributed by atoms with Crippen molar-refractivity contribution in [1.29, 1.82) is 0 Å². The first-order valence-electron chi connectivity index (χ1n) is 13.1. The van der Waals surface area contributed by atoms with E-state index in [0.717, 1.165) is 86.6 Å². The van der Waals surface area contributed by atoms with Crippen molar-refractivity contribution in [2.24, 2.45) is 0 Å². The average Bonchev–Trinajstić information content (AvgIpc) is 3.60. The van der Waals surface area contributed by atoms with Gasteiger partial charge in [-0.15, -0.1) is 0 Å². The van der Waals surface area contributed by atoms with Crippen molar-refractivity contribution in [3.8, 4) is 11.1 Å². The number of rotatable bonds is 8. The molecule has 0 bridgehead atoms. The zero-order valence-corrected chi connectivity index (χ0v) is 20.8. The van der Waals surface area contributed by atoms with E-state index in [0.29, 0.717) is 24.6 Å². The second-order valence-electron chi connectivity index (χ2n) is 10.1. The van der Waals surface area contributed by atoms with Crippen LogP contribution in [0.15, 0.2) is 31.0 Å². The summed E-state index contributed by atoms with van der Waals surface area (Å²) in [6, 6.07) is 6.32. The number of ether oxygens (including phenoxy) is 1. The van der Waals surface area contributed by atoms with Crippen LogP contribution in [0.4, 0.5) is 11.5 Å². The first kappa shape index (κ1) is 23.8. The number of carbonyl (C=O) groups is 1. The third-order valence-corrected chi connectivity index (χ3v) is 7.48. The highest BCUT2D eigenvalue weighted by molar-refractivity contribution is 5.79. The maximum absolute atomic E-state index is 13.1. The molecule has 2 atom stereocenters. The summed E-state index contributed by atoms with van der Waals surface area (Å²) in [5.41, 5.74) is 11.5. The summed E-state index contributed by atoms with van der Waals surface area (Å²) in [6.07, 6.45) is 10.5. The van der Waals surface area contributed by atoms with E-state index in [1.54, 1.807) is 6.08 Å². The van der Waals surface area contributed by atoms with Crippen molar-refractivity contribution in [3.05, 3.63) is 42.4 Å². The Labute approximate surface area is 208 Å². The summed E-state index contributed by atoms with van der Waals surface area (Å²) in [6.45, 7) is 9.02. The summed E-state index contributed by atoms with van der Waals surface area (Å²) >= 11 is 0. The topological polar surface area (TPSA) is 84.6 Å².